The number of methoxy groups -OCH3 is 1. The molecule has 1 aromatic carbocycles. The van der Waals surface area contributed by atoms with Crippen molar-refractivity contribution >= 4 is 17.7 Å². The highest BCUT2D eigenvalue weighted by Gasteiger charge is 2.29. The number of carboxylic acids is 1. The van der Waals surface area contributed by atoms with Crippen LogP contribution in [0.2, 0.25) is 0 Å². The lowest BCUT2D eigenvalue weighted by atomic mass is 10.1. The van der Waals surface area contributed by atoms with Crippen molar-refractivity contribution in [3.8, 4) is 22.6 Å². The molecule has 0 radical (unpaired) electrons. The average Bonchev–Trinajstić information content (AvgIpc) is 2.55. The van der Waals surface area contributed by atoms with Gasteiger partial charge in [0.15, 0.2) is 11.5 Å². The van der Waals surface area contributed by atoms with Gasteiger partial charge >= 0.3 is 5.97 Å². The van der Waals surface area contributed by atoms with Crippen LogP contribution >= 0.6 is 11.8 Å². The molecule has 0 spiro atoms. The SMILES string of the molecule is CCOc1cc(-c2cnccc2SC(C)(C)C(=O)O)ccc1OC. The van der Waals surface area contributed by atoms with Crippen LogP contribution in [0.1, 0.15) is 20.8 Å². The summed E-state index contributed by atoms with van der Waals surface area (Å²) in [6.07, 6.45) is 3.40. The normalized spacial score (nSPS) is 11.2. The molecule has 0 aliphatic heterocycles. The van der Waals surface area contributed by atoms with Crippen LogP contribution in [-0.2, 0) is 4.79 Å². The van der Waals surface area contributed by atoms with Gasteiger partial charge in [-0.1, -0.05) is 6.07 Å². The Morgan fingerprint density at radius 2 is 2.04 bits per heavy atom. The van der Waals surface area contributed by atoms with E-state index in [2.05, 4.69) is 4.98 Å². The summed E-state index contributed by atoms with van der Waals surface area (Å²) in [6.45, 7) is 5.81. The standard InChI is InChI=1S/C18H21NO4S/c1-5-23-15-10-12(6-7-14(15)22-4)13-11-19-9-8-16(13)24-18(2,3)17(20)21/h6-11H,5H2,1-4H3,(H,20,21). The zero-order valence-electron chi connectivity index (χ0n) is 14.2. The van der Waals surface area contributed by atoms with Gasteiger partial charge in [0.25, 0.3) is 0 Å². The number of hydrogen-bond acceptors (Lipinski definition) is 5. The van der Waals surface area contributed by atoms with Crippen LogP contribution in [0.15, 0.2) is 41.6 Å². The number of ether oxygens (including phenoxy) is 2. The fourth-order valence-electron chi connectivity index (χ4n) is 2.12. The van der Waals surface area contributed by atoms with Crippen molar-refractivity contribution < 1.29 is 19.4 Å². The summed E-state index contributed by atoms with van der Waals surface area (Å²) in [4.78, 5) is 16.5. The third-order valence-corrected chi connectivity index (χ3v) is 4.70. The number of benzene rings is 1. The van der Waals surface area contributed by atoms with Crippen molar-refractivity contribution in [2.45, 2.75) is 30.4 Å². The van der Waals surface area contributed by atoms with Gasteiger partial charge in [-0.15, -0.1) is 11.8 Å². The zero-order valence-corrected chi connectivity index (χ0v) is 15.0. The molecule has 0 atom stereocenters. The molecular formula is C18H21NO4S. The molecule has 0 saturated carbocycles. The van der Waals surface area contributed by atoms with Crippen LogP contribution in [0.5, 0.6) is 11.5 Å². The third-order valence-electron chi connectivity index (χ3n) is 3.44. The Hall–Kier alpha value is -2.21. The summed E-state index contributed by atoms with van der Waals surface area (Å²) in [5, 5.41) is 9.37. The first-order valence-corrected chi connectivity index (χ1v) is 8.38. The monoisotopic (exact) mass is 347 g/mol. The molecule has 1 N–H and O–H groups in total. The fraction of sp³-hybridized carbons (Fsp3) is 0.333. The Labute approximate surface area is 146 Å². The Balaban J connectivity index is 2.46. The Bertz CT molecular complexity index is 731. The van der Waals surface area contributed by atoms with E-state index < -0.39 is 10.7 Å². The van der Waals surface area contributed by atoms with Crippen LogP contribution in [0, 0.1) is 0 Å². The zero-order chi connectivity index (χ0) is 17.7. The lowest BCUT2D eigenvalue weighted by Crippen LogP contribution is -2.27. The van der Waals surface area contributed by atoms with E-state index in [-0.39, 0.29) is 0 Å². The summed E-state index contributed by atoms with van der Waals surface area (Å²) >= 11 is 1.29. The first-order valence-electron chi connectivity index (χ1n) is 7.56. The summed E-state index contributed by atoms with van der Waals surface area (Å²) in [5.74, 6) is 0.444. The second-order valence-electron chi connectivity index (χ2n) is 5.59. The van der Waals surface area contributed by atoms with Crippen molar-refractivity contribution in [1.82, 2.24) is 4.98 Å². The molecule has 0 aliphatic carbocycles. The molecule has 0 saturated heterocycles. The summed E-state index contributed by atoms with van der Waals surface area (Å²) in [5.41, 5.74) is 1.76. The van der Waals surface area contributed by atoms with Crippen molar-refractivity contribution in [3.05, 3.63) is 36.7 Å². The van der Waals surface area contributed by atoms with E-state index in [1.54, 1.807) is 33.4 Å². The van der Waals surface area contributed by atoms with Gasteiger partial charge in [0.05, 0.1) is 13.7 Å². The molecule has 2 aromatic rings. The minimum atomic E-state index is -0.939. The molecule has 0 unspecified atom stereocenters. The number of rotatable bonds is 7. The van der Waals surface area contributed by atoms with Gasteiger partial charge in [-0.3, -0.25) is 9.78 Å². The van der Waals surface area contributed by atoms with E-state index in [1.807, 2.05) is 31.2 Å². The molecule has 5 nitrogen and oxygen atoms in total. The lowest BCUT2D eigenvalue weighted by Gasteiger charge is -2.20. The minimum Gasteiger partial charge on any atom is -0.493 e. The minimum absolute atomic E-state index is 0.528. The second kappa shape index (κ2) is 7.57. The van der Waals surface area contributed by atoms with E-state index in [4.69, 9.17) is 9.47 Å². The summed E-state index contributed by atoms with van der Waals surface area (Å²) < 4.78 is 9.99. The largest absolute Gasteiger partial charge is 0.493 e. The second-order valence-corrected chi connectivity index (χ2v) is 7.25. The molecule has 1 heterocycles. The van der Waals surface area contributed by atoms with Crippen LogP contribution in [-0.4, -0.2) is 34.5 Å². The number of pyridine rings is 1. The number of carbonyl (C=O) groups is 1. The fourth-order valence-corrected chi connectivity index (χ4v) is 3.17. The quantitative estimate of drug-likeness (QED) is 0.760. The number of nitrogens with zero attached hydrogens (tertiary/aromatic N) is 1. The Morgan fingerprint density at radius 1 is 1.29 bits per heavy atom. The maximum absolute atomic E-state index is 11.4. The third kappa shape index (κ3) is 4.00. The van der Waals surface area contributed by atoms with Crippen molar-refractivity contribution in [2.24, 2.45) is 0 Å². The molecule has 0 fully saturated rings. The number of aliphatic carboxylic acids is 1. The average molecular weight is 347 g/mol. The van der Waals surface area contributed by atoms with E-state index >= 15 is 0 Å². The van der Waals surface area contributed by atoms with Gasteiger partial charge in [-0.25, -0.2) is 0 Å². The van der Waals surface area contributed by atoms with Gasteiger partial charge in [-0.05, 0) is 44.5 Å². The predicted molar refractivity (Wildman–Crippen MR) is 95.0 cm³/mol. The van der Waals surface area contributed by atoms with Crippen molar-refractivity contribution in [2.75, 3.05) is 13.7 Å². The highest BCUT2D eigenvalue weighted by atomic mass is 32.2. The molecule has 0 bridgehead atoms. The molecule has 2 rings (SSSR count). The van der Waals surface area contributed by atoms with Gasteiger partial charge < -0.3 is 14.6 Å². The predicted octanol–water partition coefficient (Wildman–Crippen LogP) is 4.11. The maximum atomic E-state index is 11.4. The molecule has 0 amide bonds. The molecule has 1 aromatic heterocycles. The van der Waals surface area contributed by atoms with Gasteiger partial charge in [0.2, 0.25) is 0 Å². The summed E-state index contributed by atoms with van der Waals surface area (Å²) in [7, 11) is 1.60. The van der Waals surface area contributed by atoms with E-state index in [0.717, 1.165) is 16.0 Å². The first kappa shape index (κ1) is 18.1. The van der Waals surface area contributed by atoms with E-state index in [1.165, 1.54) is 11.8 Å². The maximum Gasteiger partial charge on any atom is 0.319 e. The molecular weight excluding hydrogens is 326 g/mol. The number of hydrogen-bond donors (Lipinski definition) is 1. The lowest BCUT2D eigenvalue weighted by molar-refractivity contribution is -0.138. The topological polar surface area (TPSA) is 68.7 Å². The molecule has 0 aliphatic rings. The van der Waals surface area contributed by atoms with Gasteiger partial charge in [-0.2, -0.15) is 0 Å². The van der Waals surface area contributed by atoms with Gasteiger partial charge in [0.1, 0.15) is 4.75 Å². The van der Waals surface area contributed by atoms with Crippen molar-refractivity contribution in [3.63, 3.8) is 0 Å². The Kier molecular flexibility index (Phi) is 5.72. The van der Waals surface area contributed by atoms with Gasteiger partial charge in [0, 0.05) is 22.9 Å². The Morgan fingerprint density at radius 3 is 2.67 bits per heavy atom. The van der Waals surface area contributed by atoms with Crippen LogP contribution in [0.25, 0.3) is 11.1 Å². The molecule has 24 heavy (non-hydrogen) atoms. The van der Waals surface area contributed by atoms with Crippen LogP contribution < -0.4 is 9.47 Å². The highest BCUT2D eigenvalue weighted by molar-refractivity contribution is 8.01. The van der Waals surface area contributed by atoms with Crippen LogP contribution in [0.3, 0.4) is 0 Å². The highest BCUT2D eigenvalue weighted by Crippen LogP contribution is 2.40. The number of thioether (sulfide) groups is 1. The molecule has 6 heteroatoms. The first-order chi connectivity index (χ1) is 11.4. The number of aromatic nitrogens is 1. The van der Waals surface area contributed by atoms with Crippen molar-refractivity contribution in [1.29, 1.82) is 0 Å². The summed E-state index contributed by atoms with van der Waals surface area (Å²) in [6, 6.07) is 7.47. The van der Waals surface area contributed by atoms with E-state index in [9.17, 15) is 9.90 Å². The smallest absolute Gasteiger partial charge is 0.319 e. The van der Waals surface area contributed by atoms with Crippen LogP contribution in [0.4, 0.5) is 0 Å². The molecule has 128 valence electrons. The van der Waals surface area contributed by atoms with E-state index in [0.29, 0.717) is 18.1 Å². The number of carboxylic acid groups (broad SMARTS) is 1.